The highest BCUT2D eigenvalue weighted by atomic mass is 19.2. The maximum absolute atomic E-state index is 13.4. The molecule has 0 radical (unpaired) electrons. The molecule has 7 heteroatoms. The van der Waals surface area contributed by atoms with Crippen molar-refractivity contribution in [2.75, 3.05) is 5.32 Å². The van der Waals surface area contributed by atoms with Crippen molar-refractivity contribution in [2.45, 2.75) is 26.4 Å². The predicted molar refractivity (Wildman–Crippen MR) is 63.2 cm³/mol. The lowest BCUT2D eigenvalue weighted by atomic mass is 10.2. The molecule has 5 nitrogen and oxygen atoms in total. The van der Waals surface area contributed by atoms with E-state index in [0.717, 1.165) is 6.07 Å². The SMILES string of the molecule is CC(C)(C)OC(=O)Nc1cc(C(=O)O)cc(F)c1F. The molecule has 1 aromatic carbocycles. The van der Waals surface area contributed by atoms with Crippen molar-refractivity contribution >= 4 is 17.7 Å². The molecular weight excluding hydrogens is 260 g/mol. The normalized spacial score (nSPS) is 11.0. The van der Waals surface area contributed by atoms with E-state index in [-0.39, 0.29) is 0 Å². The molecule has 0 aliphatic heterocycles. The minimum atomic E-state index is -1.44. The van der Waals surface area contributed by atoms with Crippen LogP contribution in [0, 0.1) is 11.6 Å². The number of anilines is 1. The zero-order valence-electron chi connectivity index (χ0n) is 10.6. The van der Waals surface area contributed by atoms with E-state index in [0.29, 0.717) is 6.07 Å². The van der Waals surface area contributed by atoms with E-state index in [9.17, 15) is 18.4 Å². The van der Waals surface area contributed by atoms with Gasteiger partial charge in [0.05, 0.1) is 11.3 Å². The van der Waals surface area contributed by atoms with Gasteiger partial charge in [-0.1, -0.05) is 0 Å². The summed E-state index contributed by atoms with van der Waals surface area (Å²) >= 11 is 0. The molecule has 0 aliphatic carbocycles. The minimum absolute atomic E-state index is 0.482. The zero-order chi connectivity index (χ0) is 14.8. The van der Waals surface area contributed by atoms with Gasteiger partial charge < -0.3 is 9.84 Å². The summed E-state index contributed by atoms with van der Waals surface area (Å²) in [6.07, 6.45) is -1.01. The largest absolute Gasteiger partial charge is 0.478 e. The van der Waals surface area contributed by atoms with Crippen LogP contribution in [0.25, 0.3) is 0 Å². The van der Waals surface area contributed by atoms with E-state index in [4.69, 9.17) is 9.84 Å². The molecule has 1 rings (SSSR count). The van der Waals surface area contributed by atoms with Crippen molar-refractivity contribution in [3.8, 4) is 0 Å². The highest BCUT2D eigenvalue weighted by Crippen LogP contribution is 2.21. The van der Waals surface area contributed by atoms with Crippen molar-refractivity contribution in [3.05, 3.63) is 29.3 Å². The number of aromatic carboxylic acids is 1. The molecule has 19 heavy (non-hydrogen) atoms. The van der Waals surface area contributed by atoms with Gasteiger partial charge in [-0.25, -0.2) is 18.4 Å². The van der Waals surface area contributed by atoms with Gasteiger partial charge in [-0.3, -0.25) is 5.32 Å². The number of benzene rings is 1. The molecule has 0 aliphatic rings. The summed E-state index contributed by atoms with van der Waals surface area (Å²) in [5.74, 6) is -4.16. The van der Waals surface area contributed by atoms with Crippen LogP contribution in [0.5, 0.6) is 0 Å². The molecule has 1 amide bonds. The first-order valence-electron chi connectivity index (χ1n) is 5.32. The minimum Gasteiger partial charge on any atom is -0.478 e. The summed E-state index contributed by atoms with van der Waals surface area (Å²) in [5, 5.41) is 10.7. The van der Waals surface area contributed by atoms with Crippen LogP contribution in [-0.2, 0) is 4.74 Å². The van der Waals surface area contributed by atoms with Gasteiger partial charge in [0.1, 0.15) is 5.60 Å². The average Bonchev–Trinajstić information content (AvgIpc) is 2.21. The van der Waals surface area contributed by atoms with Crippen LogP contribution in [0.15, 0.2) is 12.1 Å². The van der Waals surface area contributed by atoms with Gasteiger partial charge in [0, 0.05) is 0 Å². The summed E-state index contributed by atoms with van der Waals surface area (Å²) in [4.78, 5) is 22.1. The third kappa shape index (κ3) is 4.20. The fourth-order valence-electron chi connectivity index (χ4n) is 1.22. The number of rotatable bonds is 2. The molecule has 0 bridgehead atoms. The fourth-order valence-corrected chi connectivity index (χ4v) is 1.22. The molecule has 0 saturated heterocycles. The number of hydrogen-bond donors (Lipinski definition) is 2. The van der Waals surface area contributed by atoms with Crippen LogP contribution < -0.4 is 5.32 Å². The quantitative estimate of drug-likeness (QED) is 0.868. The number of carbonyl (C=O) groups excluding carboxylic acids is 1. The van der Waals surface area contributed by atoms with Crippen LogP contribution >= 0.6 is 0 Å². The first kappa shape index (κ1) is 14.9. The van der Waals surface area contributed by atoms with Crippen LogP contribution in [0.2, 0.25) is 0 Å². The Morgan fingerprint density at radius 2 is 1.84 bits per heavy atom. The van der Waals surface area contributed by atoms with Gasteiger partial charge in [-0.15, -0.1) is 0 Å². The van der Waals surface area contributed by atoms with E-state index in [1.807, 2.05) is 5.32 Å². The number of carbonyl (C=O) groups is 2. The Hall–Kier alpha value is -2.18. The Balaban J connectivity index is 3.01. The molecule has 0 saturated carbocycles. The second-order valence-electron chi connectivity index (χ2n) is 4.75. The lowest BCUT2D eigenvalue weighted by Crippen LogP contribution is -2.27. The summed E-state index contributed by atoms with van der Waals surface area (Å²) in [5.41, 5.74) is -1.89. The first-order chi connectivity index (χ1) is 8.60. The van der Waals surface area contributed by atoms with Crippen LogP contribution in [0.4, 0.5) is 19.3 Å². The van der Waals surface area contributed by atoms with Crippen LogP contribution in [-0.4, -0.2) is 22.8 Å². The number of carboxylic acid groups (broad SMARTS) is 1. The highest BCUT2D eigenvalue weighted by molar-refractivity contribution is 5.91. The molecule has 0 fully saturated rings. The topological polar surface area (TPSA) is 75.6 Å². The molecule has 0 heterocycles. The molecular formula is C12H13F2NO4. The maximum Gasteiger partial charge on any atom is 0.412 e. The van der Waals surface area contributed by atoms with Gasteiger partial charge in [-0.2, -0.15) is 0 Å². The lowest BCUT2D eigenvalue weighted by molar-refractivity contribution is 0.0632. The number of ether oxygens (including phenoxy) is 1. The zero-order valence-corrected chi connectivity index (χ0v) is 10.6. The number of halogens is 2. The van der Waals surface area contributed by atoms with E-state index < -0.39 is 40.5 Å². The Morgan fingerprint density at radius 1 is 1.26 bits per heavy atom. The van der Waals surface area contributed by atoms with Gasteiger partial charge in [0.15, 0.2) is 11.6 Å². The third-order valence-corrected chi connectivity index (χ3v) is 1.91. The van der Waals surface area contributed by atoms with E-state index in [1.165, 1.54) is 0 Å². The van der Waals surface area contributed by atoms with Gasteiger partial charge in [-0.05, 0) is 32.9 Å². The Kier molecular flexibility index (Phi) is 4.08. The van der Waals surface area contributed by atoms with E-state index >= 15 is 0 Å². The maximum atomic E-state index is 13.4. The van der Waals surface area contributed by atoms with E-state index in [1.54, 1.807) is 20.8 Å². The van der Waals surface area contributed by atoms with Crippen molar-refractivity contribution in [1.29, 1.82) is 0 Å². The Morgan fingerprint density at radius 3 is 2.32 bits per heavy atom. The standard InChI is InChI=1S/C12H13F2NO4/c1-12(2,3)19-11(18)15-8-5-6(10(16)17)4-7(13)9(8)14/h4-5H,1-3H3,(H,15,18)(H,16,17). The van der Waals surface area contributed by atoms with Gasteiger partial charge in [0.2, 0.25) is 0 Å². The second kappa shape index (κ2) is 5.21. The summed E-state index contributed by atoms with van der Waals surface area (Å²) < 4.78 is 31.4. The van der Waals surface area contributed by atoms with Crippen molar-refractivity contribution in [2.24, 2.45) is 0 Å². The molecule has 0 unspecified atom stereocenters. The van der Waals surface area contributed by atoms with Crippen molar-refractivity contribution in [1.82, 2.24) is 0 Å². The summed E-state index contributed by atoms with van der Waals surface area (Å²) in [6.45, 7) is 4.78. The molecule has 0 atom stereocenters. The number of nitrogens with one attached hydrogen (secondary N) is 1. The number of hydrogen-bond acceptors (Lipinski definition) is 3. The predicted octanol–water partition coefficient (Wildman–Crippen LogP) is 3.01. The number of carboxylic acids is 1. The Labute approximate surface area is 108 Å². The first-order valence-corrected chi connectivity index (χ1v) is 5.32. The van der Waals surface area contributed by atoms with Crippen LogP contribution in [0.3, 0.4) is 0 Å². The van der Waals surface area contributed by atoms with Crippen LogP contribution in [0.1, 0.15) is 31.1 Å². The second-order valence-corrected chi connectivity index (χ2v) is 4.75. The smallest absolute Gasteiger partial charge is 0.412 e. The average molecular weight is 273 g/mol. The fraction of sp³-hybridized carbons (Fsp3) is 0.333. The molecule has 0 aromatic heterocycles. The molecule has 2 N–H and O–H groups in total. The summed E-state index contributed by atoms with van der Waals surface area (Å²) in [7, 11) is 0. The number of amides is 1. The molecule has 1 aromatic rings. The third-order valence-electron chi connectivity index (χ3n) is 1.91. The van der Waals surface area contributed by atoms with E-state index in [2.05, 4.69) is 0 Å². The monoisotopic (exact) mass is 273 g/mol. The molecule has 0 spiro atoms. The van der Waals surface area contributed by atoms with Crippen molar-refractivity contribution < 1.29 is 28.2 Å². The Bertz CT molecular complexity index is 523. The molecule has 104 valence electrons. The highest BCUT2D eigenvalue weighted by Gasteiger charge is 2.20. The van der Waals surface area contributed by atoms with Gasteiger partial charge >= 0.3 is 12.1 Å². The summed E-state index contributed by atoms with van der Waals surface area (Å²) in [6, 6.07) is 1.34. The van der Waals surface area contributed by atoms with Crippen molar-refractivity contribution in [3.63, 3.8) is 0 Å². The van der Waals surface area contributed by atoms with Gasteiger partial charge in [0.25, 0.3) is 0 Å². The lowest BCUT2D eigenvalue weighted by Gasteiger charge is -2.19.